The maximum Gasteiger partial charge on any atom is 0.343 e. The van der Waals surface area contributed by atoms with Gasteiger partial charge in [-0.1, -0.05) is 27.7 Å². The van der Waals surface area contributed by atoms with Gasteiger partial charge in [-0.05, 0) is 30.7 Å². The number of aromatic hydroxyl groups is 1. The molecule has 0 radical (unpaired) electrons. The summed E-state index contributed by atoms with van der Waals surface area (Å²) in [4.78, 5) is 19.3. The number of non-ortho nitro benzene ring substituents is 1. The van der Waals surface area contributed by atoms with Crippen molar-refractivity contribution in [2.75, 3.05) is 0 Å². The number of phenolic OH excluding ortho intramolecular Hbond substituents is 1. The molecule has 35 heavy (non-hydrogen) atoms. The lowest BCUT2D eigenvalue weighted by Crippen LogP contribution is -2.15. The highest BCUT2D eigenvalue weighted by Crippen LogP contribution is 2.43. The summed E-state index contributed by atoms with van der Waals surface area (Å²) in [5.74, 6) is -2.81. The van der Waals surface area contributed by atoms with Crippen molar-refractivity contribution in [3.05, 3.63) is 55.6 Å². The maximum atomic E-state index is 13.2. The summed E-state index contributed by atoms with van der Waals surface area (Å²) in [5.41, 5.74) is -1.99. The molecule has 0 aliphatic heterocycles. The number of rotatable bonds is 10. The lowest BCUT2D eigenvalue weighted by molar-refractivity contribution is -0.385. The van der Waals surface area contributed by atoms with Crippen LogP contribution in [0, 0.1) is 20.2 Å². The van der Waals surface area contributed by atoms with Crippen LogP contribution in [0.15, 0.2) is 34.1 Å². The number of hydrogen-bond donors (Lipinski definition) is 2. The van der Waals surface area contributed by atoms with Gasteiger partial charge < -0.3 is 9.29 Å². The van der Waals surface area contributed by atoms with Crippen molar-refractivity contribution in [2.45, 2.75) is 62.2 Å². The van der Waals surface area contributed by atoms with E-state index in [-0.39, 0.29) is 17.5 Å². The van der Waals surface area contributed by atoms with Crippen molar-refractivity contribution in [2.24, 2.45) is 0 Å². The summed E-state index contributed by atoms with van der Waals surface area (Å²) in [5, 5.41) is 33.7. The number of benzene rings is 2. The van der Waals surface area contributed by atoms with Crippen LogP contribution >= 0.6 is 0 Å². The standard InChI is InChI=1S/C20H24N2O11S2/c1-5-11(3)15-7-13(21(24)25)8-18(19(15)23)35(31,32)33-20-16(12(4)6-2)9-14(34(28,29)30)10-17(20)22(26)27/h7-12,23H,5-6H2,1-4H3,(H,28,29,30). The highest BCUT2D eigenvalue weighted by atomic mass is 32.2. The minimum absolute atomic E-state index is 0.0396. The topological polar surface area (TPSA) is 204 Å². The third kappa shape index (κ3) is 5.86. The zero-order valence-electron chi connectivity index (χ0n) is 19.2. The average molecular weight is 533 g/mol. The Hall–Kier alpha value is -3.30. The van der Waals surface area contributed by atoms with E-state index in [1.165, 1.54) is 6.92 Å². The molecule has 192 valence electrons. The highest BCUT2D eigenvalue weighted by molar-refractivity contribution is 7.87. The number of hydrogen-bond acceptors (Lipinski definition) is 10. The molecule has 0 fully saturated rings. The second-order valence-corrected chi connectivity index (χ2v) is 10.8. The second kappa shape index (κ2) is 10.1. The Bertz CT molecular complexity index is 1390. The van der Waals surface area contributed by atoms with E-state index >= 15 is 0 Å². The molecule has 0 aliphatic rings. The number of phenols is 1. The van der Waals surface area contributed by atoms with Gasteiger partial charge in [-0.2, -0.15) is 16.8 Å². The first-order valence-electron chi connectivity index (χ1n) is 10.3. The van der Waals surface area contributed by atoms with E-state index in [1.54, 1.807) is 20.8 Å². The summed E-state index contributed by atoms with van der Waals surface area (Å²) in [6, 6.07) is 2.87. The van der Waals surface area contributed by atoms with Gasteiger partial charge in [0, 0.05) is 29.3 Å². The van der Waals surface area contributed by atoms with Gasteiger partial charge in [-0.3, -0.25) is 24.8 Å². The van der Waals surface area contributed by atoms with E-state index in [2.05, 4.69) is 0 Å². The largest absolute Gasteiger partial charge is 0.506 e. The Kier molecular flexibility index (Phi) is 8.09. The van der Waals surface area contributed by atoms with Crippen LogP contribution in [-0.4, -0.2) is 36.3 Å². The van der Waals surface area contributed by atoms with Crippen LogP contribution in [0.2, 0.25) is 0 Å². The van der Waals surface area contributed by atoms with E-state index in [0.29, 0.717) is 18.6 Å². The van der Waals surface area contributed by atoms with Gasteiger partial charge in [0.05, 0.1) is 9.85 Å². The summed E-state index contributed by atoms with van der Waals surface area (Å²) < 4.78 is 64.1. The van der Waals surface area contributed by atoms with Crippen LogP contribution in [0.4, 0.5) is 11.4 Å². The molecule has 0 bridgehead atoms. The Labute approximate surface area is 201 Å². The third-order valence-electron chi connectivity index (χ3n) is 5.62. The normalized spacial score (nSPS) is 13.7. The zero-order chi connectivity index (χ0) is 26.9. The van der Waals surface area contributed by atoms with Gasteiger partial charge in [0.2, 0.25) is 5.75 Å². The van der Waals surface area contributed by atoms with Crippen LogP contribution in [0.3, 0.4) is 0 Å². The lowest BCUT2D eigenvalue weighted by Gasteiger charge is -2.18. The first-order valence-corrected chi connectivity index (χ1v) is 13.1. The molecule has 2 unspecified atom stereocenters. The SMILES string of the molecule is CCC(C)c1cc([N+](=O)[O-])cc(S(=O)(=O)Oc2c(C(C)CC)cc(S(=O)(=O)O)cc2[N+](=O)[O-])c1O. The second-order valence-electron chi connectivity index (χ2n) is 7.89. The molecular weight excluding hydrogens is 508 g/mol. The molecule has 13 nitrogen and oxygen atoms in total. The molecule has 2 rings (SSSR count). The van der Waals surface area contributed by atoms with E-state index < -0.39 is 74.6 Å². The Morgan fingerprint density at radius 3 is 1.91 bits per heavy atom. The first-order chi connectivity index (χ1) is 16.0. The number of nitrogens with zero attached hydrogens (tertiary/aromatic N) is 2. The quantitative estimate of drug-likeness (QED) is 0.191. The fraction of sp³-hybridized carbons (Fsp3) is 0.400. The molecule has 15 heteroatoms. The van der Waals surface area contributed by atoms with Gasteiger partial charge >= 0.3 is 15.8 Å². The van der Waals surface area contributed by atoms with Crippen LogP contribution < -0.4 is 4.18 Å². The fourth-order valence-electron chi connectivity index (χ4n) is 3.23. The highest BCUT2D eigenvalue weighted by Gasteiger charge is 2.34. The molecule has 0 saturated heterocycles. The molecule has 0 aromatic heterocycles. The van der Waals surface area contributed by atoms with E-state index in [9.17, 15) is 46.7 Å². The van der Waals surface area contributed by atoms with Crippen LogP contribution in [0.1, 0.15) is 63.5 Å². The Morgan fingerprint density at radius 1 is 0.914 bits per heavy atom. The molecule has 0 spiro atoms. The summed E-state index contributed by atoms with van der Waals surface area (Å²) in [6.45, 7) is 6.47. The van der Waals surface area contributed by atoms with E-state index in [0.717, 1.165) is 12.1 Å². The van der Waals surface area contributed by atoms with Crippen LogP contribution in [0.5, 0.6) is 11.5 Å². The molecule has 2 aromatic rings. The van der Waals surface area contributed by atoms with Gasteiger partial charge in [0.1, 0.15) is 10.6 Å². The van der Waals surface area contributed by atoms with Crippen molar-refractivity contribution in [3.8, 4) is 11.5 Å². The summed E-state index contributed by atoms with van der Waals surface area (Å²) in [6.07, 6.45) is 0.665. The van der Waals surface area contributed by atoms with Crippen molar-refractivity contribution < 1.29 is 40.5 Å². The number of nitro benzene ring substituents is 2. The lowest BCUT2D eigenvalue weighted by atomic mass is 9.97. The van der Waals surface area contributed by atoms with E-state index in [4.69, 9.17) is 4.18 Å². The van der Waals surface area contributed by atoms with Gasteiger partial charge in [-0.15, -0.1) is 0 Å². The summed E-state index contributed by atoms with van der Waals surface area (Å²) in [7, 11) is -10.0. The molecule has 2 N–H and O–H groups in total. The van der Waals surface area contributed by atoms with Crippen LogP contribution in [-0.2, 0) is 20.2 Å². The Morgan fingerprint density at radius 2 is 1.46 bits per heavy atom. The number of nitro groups is 2. The van der Waals surface area contributed by atoms with Crippen LogP contribution in [0.25, 0.3) is 0 Å². The predicted octanol–water partition coefficient (Wildman–Crippen LogP) is 4.25. The van der Waals surface area contributed by atoms with Crippen molar-refractivity contribution in [1.29, 1.82) is 0 Å². The zero-order valence-corrected chi connectivity index (χ0v) is 20.8. The minimum atomic E-state index is -5.10. The minimum Gasteiger partial charge on any atom is -0.506 e. The third-order valence-corrected chi connectivity index (χ3v) is 7.68. The first kappa shape index (κ1) is 27.9. The summed E-state index contributed by atoms with van der Waals surface area (Å²) >= 11 is 0. The van der Waals surface area contributed by atoms with E-state index in [1.807, 2.05) is 0 Å². The average Bonchev–Trinajstić information content (AvgIpc) is 2.76. The molecule has 0 amide bonds. The predicted molar refractivity (Wildman–Crippen MR) is 123 cm³/mol. The molecule has 0 saturated carbocycles. The Balaban J connectivity index is 2.87. The molecule has 0 heterocycles. The monoisotopic (exact) mass is 532 g/mol. The van der Waals surface area contributed by atoms with Gasteiger partial charge in [0.25, 0.3) is 15.8 Å². The van der Waals surface area contributed by atoms with Crippen molar-refractivity contribution in [3.63, 3.8) is 0 Å². The molecule has 2 aromatic carbocycles. The smallest absolute Gasteiger partial charge is 0.343 e. The molecule has 0 aliphatic carbocycles. The van der Waals surface area contributed by atoms with Crippen molar-refractivity contribution >= 4 is 31.6 Å². The molecule has 2 atom stereocenters. The molecular formula is C20H24N2O11S2. The van der Waals surface area contributed by atoms with Gasteiger partial charge in [0.15, 0.2) is 4.90 Å². The fourth-order valence-corrected chi connectivity index (χ4v) is 4.88. The van der Waals surface area contributed by atoms with Crippen molar-refractivity contribution in [1.82, 2.24) is 0 Å². The van der Waals surface area contributed by atoms with Gasteiger partial charge in [-0.25, -0.2) is 0 Å². The maximum absolute atomic E-state index is 13.2.